The third-order valence-electron chi connectivity index (χ3n) is 3.87. The number of aliphatic hydroxyl groups excluding tert-OH is 1. The maximum atomic E-state index is 10.8. The van der Waals surface area contributed by atoms with Crippen molar-refractivity contribution in [2.24, 2.45) is 0 Å². The van der Waals surface area contributed by atoms with Crippen molar-refractivity contribution in [3.63, 3.8) is 0 Å². The Morgan fingerprint density at radius 2 is 2.00 bits per heavy atom. The van der Waals surface area contributed by atoms with Gasteiger partial charge in [0.2, 0.25) is 0 Å². The van der Waals surface area contributed by atoms with Crippen LogP contribution in [0.3, 0.4) is 0 Å². The molecule has 3 heteroatoms. The lowest BCUT2D eigenvalue weighted by Gasteiger charge is -2.36. The maximum absolute atomic E-state index is 10.8. The van der Waals surface area contributed by atoms with E-state index in [9.17, 15) is 10.2 Å². The number of halogens is 1. The van der Waals surface area contributed by atoms with E-state index in [0.717, 1.165) is 29.0 Å². The van der Waals surface area contributed by atoms with Crippen LogP contribution in [-0.2, 0) is 12.0 Å². The van der Waals surface area contributed by atoms with Crippen LogP contribution in [0.5, 0.6) is 0 Å². The molecule has 1 aromatic rings. The highest BCUT2D eigenvalue weighted by Crippen LogP contribution is 2.39. The molecule has 1 aliphatic carbocycles. The first-order chi connectivity index (χ1) is 8.55. The monoisotopic (exact) mass is 268 g/mol. The summed E-state index contributed by atoms with van der Waals surface area (Å²) in [4.78, 5) is 0. The van der Waals surface area contributed by atoms with Gasteiger partial charge in [-0.05, 0) is 55.4 Å². The van der Waals surface area contributed by atoms with E-state index in [4.69, 9.17) is 11.6 Å². The molecule has 0 heterocycles. The SMILES string of the molecule is CCCc1cc(Cl)ccc1C1(O)CCC(O)CC1. The molecule has 2 N–H and O–H groups in total. The first-order valence-corrected chi connectivity index (χ1v) is 7.12. The van der Waals surface area contributed by atoms with E-state index < -0.39 is 5.60 Å². The average Bonchev–Trinajstić information content (AvgIpc) is 2.34. The highest BCUT2D eigenvalue weighted by atomic mass is 35.5. The zero-order valence-electron chi connectivity index (χ0n) is 10.8. The standard InChI is InChI=1S/C15H21ClO2/c1-2-3-11-10-12(16)4-5-14(11)15(18)8-6-13(17)7-9-15/h4-5,10,13,17-18H,2-3,6-9H2,1H3. The van der Waals surface area contributed by atoms with Gasteiger partial charge in [-0.3, -0.25) is 0 Å². The molecule has 0 amide bonds. The predicted molar refractivity (Wildman–Crippen MR) is 73.8 cm³/mol. The summed E-state index contributed by atoms with van der Waals surface area (Å²) in [5.74, 6) is 0. The largest absolute Gasteiger partial charge is 0.393 e. The summed E-state index contributed by atoms with van der Waals surface area (Å²) in [7, 11) is 0. The number of hydrogen-bond donors (Lipinski definition) is 2. The summed E-state index contributed by atoms with van der Waals surface area (Å²) in [5.41, 5.74) is 1.36. The van der Waals surface area contributed by atoms with Gasteiger partial charge in [0.1, 0.15) is 0 Å². The quantitative estimate of drug-likeness (QED) is 0.882. The van der Waals surface area contributed by atoms with Gasteiger partial charge in [0.15, 0.2) is 0 Å². The summed E-state index contributed by atoms with van der Waals surface area (Å²) in [5, 5.41) is 21.1. The Balaban J connectivity index is 2.31. The Labute approximate surface area is 114 Å². The molecule has 0 aromatic heterocycles. The summed E-state index contributed by atoms with van der Waals surface area (Å²) in [6, 6.07) is 5.76. The number of hydrogen-bond acceptors (Lipinski definition) is 2. The van der Waals surface area contributed by atoms with Crippen molar-refractivity contribution in [1.82, 2.24) is 0 Å². The third kappa shape index (κ3) is 2.87. The minimum Gasteiger partial charge on any atom is -0.393 e. The summed E-state index contributed by atoms with van der Waals surface area (Å²) in [6.07, 6.45) is 4.31. The van der Waals surface area contributed by atoms with E-state index in [-0.39, 0.29) is 6.10 Å². The van der Waals surface area contributed by atoms with Crippen molar-refractivity contribution in [3.8, 4) is 0 Å². The first kappa shape index (κ1) is 13.9. The summed E-state index contributed by atoms with van der Waals surface area (Å²) >= 11 is 6.04. The van der Waals surface area contributed by atoms with Crippen LogP contribution in [0.25, 0.3) is 0 Å². The molecule has 18 heavy (non-hydrogen) atoms. The van der Waals surface area contributed by atoms with Crippen LogP contribution in [0.2, 0.25) is 5.02 Å². The molecule has 100 valence electrons. The van der Waals surface area contributed by atoms with Gasteiger partial charge in [-0.1, -0.05) is 31.0 Å². The topological polar surface area (TPSA) is 40.5 Å². The van der Waals surface area contributed by atoms with Crippen LogP contribution < -0.4 is 0 Å². The number of benzene rings is 1. The molecule has 0 radical (unpaired) electrons. The second kappa shape index (κ2) is 5.60. The van der Waals surface area contributed by atoms with Crippen LogP contribution in [0, 0.1) is 0 Å². The molecule has 2 nitrogen and oxygen atoms in total. The van der Waals surface area contributed by atoms with Gasteiger partial charge in [-0.25, -0.2) is 0 Å². The predicted octanol–water partition coefficient (Wildman–Crippen LogP) is 3.42. The van der Waals surface area contributed by atoms with Crippen LogP contribution in [-0.4, -0.2) is 16.3 Å². The van der Waals surface area contributed by atoms with Gasteiger partial charge in [-0.2, -0.15) is 0 Å². The highest BCUT2D eigenvalue weighted by molar-refractivity contribution is 6.30. The van der Waals surface area contributed by atoms with Crippen LogP contribution in [0.1, 0.15) is 50.2 Å². The van der Waals surface area contributed by atoms with Gasteiger partial charge >= 0.3 is 0 Å². The van der Waals surface area contributed by atoms with Crippen molar-refractivity contribution in [3.05, 3.63) is 34.3 Å². The van der Waals surface area contributed by atoms with Crippen molar-refractivity contribution in [1.29, 1.82) is 0 Å². The molecule has 0 spiro atoms. The van der Waals surface area contributed by atoms with E-state index in [1.807, 2.05) is 18.2 Å². The zero-order valence-corrected chi connectivity index (χ0v) is 11.6. The lowest BCUT2D eigenvalue weighted by molar-refractivity contribution is -0.0367. The van der Waals surface area contributed by atoms with Gasteiger partial charge in [0.25, 0.3) is 0 Å². The Hall–Kier alpha value is -0.570. The molecule has 0 bridgehead atoms. The average molecular weight is 269 g/mol. The molecule has 0 saturated heterocycles. The molecule has 1 fully saturated rings. The Morgan fingerprint density at radius 1 is 1.33 bits per heavy atom. The number of aryl methyl sites for hydroxylation is 1. The molecule has 0 atom stereocenters. The van der Waals surface area contributed by atoms with Gasteiger partial charge in [0.05, 0.1) is 11.7 Å². The summed E-state index contributed by atoms with van der Waals surface area (Å²) in [6.45, 7) is 2.12. The number of rotatable bonds is 3. The van der Waals surface area contributed by atoms with E-state index in [1.165, 1.54) is 0 Å². The Morgan fingerprint density at radius 3 is 2.61 bits per heavy atom. The van der Waals surface area contributed by atoms with Gasteiger partial charge in [0, 0.05) is 5.02 Å². The lowest BCUT2D eigenvalue weighted by Crippen LogP contribution is -2.34. The third-order valence-corrected chi connectivity index (χ3v) is 4.11. The van der Waals surface area contributed by atoms with E-state index in [1.54, 1.807) is 0 Å². The second-order valence-corrected chi connectivity index (χ2v) is 5.75. The Kier molecular flexibility index (Phi) is 4.31. The highest BCUT2D eigenvalue weighted by Gasteiger charge is 2.35. The molecule has 0 unspecified atom stereocenters. The molecule has 1 aliphatic rings. The van der Waals surface area contributed by atoms with Crippen LogP contribution in [0.15, 0.2) is 18.2 Å². The smallest absolute Gasteiger partial charge is 0.0901 e. The zero-order chi connectivity index (χ0) is 13.2. The normalized spacial score (nSPS) is 28.3. The second-order valence-electron chi connectivity index (χ2n) is 5.31. The molecular formula is C15H21ClO2. The fourth-order valence-corrected chi connectivity index (χ4v) is 3.04. The van der Waals surface area contributed by atoms with Crippen molar-refractivity contribution in [2.75, 3.05) is 0 Å². The molecule has 0 aliphatic heterocycles. The summed E-state index contributed by atoms with van der Waals surface area (Å²) < 4.78 is 0. The molecule has 1 saturated carbocycles. The number of aliphatic hydroxyl groups is 2. The minimum atomic E-state index is -0.783. The fourth-order valence-electron chi connectivity index (χ4n) is 2.84. The lowest BCUT2D eigenvalue weighted by atomic mass is 9.76. The minimum absolute atomic E-state index is 0.257. The van der Waals surface area contributed by atoms with Gasteiger partial charge in [-0.15, -0.1) is 0 Å². The molecule has 2 rings (SSSR count). The first-order valence-electron chi connectivity index (χ1n) is 6.74. The molecular weight excluding hydrogens is 248 g/mol. The van der Waals surface area contributed by atoms with Gasteiger partial charge < -0.3 is 10.2 Å². The maximum Gasteiger partial charge on any atom is 0.0901 e. The van der Waals surface area contributed by atoms with Crippen LogP contribution >= 0.6 is 11.6 Å². The van der Waals surface area contributed by atoms with Crippen LogP contribution in [0.4, 0.5) is 0 Å². The Bertz CT molecular complexity index is 409. The van der Waals surface area contributed by atoms with E-state index in [2.05, 4.69) is 6.92 Å². The fraction of sp³-hybridized carbons (Fsp3) is 0.600. The molecule has 1 aromatic carbocycles. The van der Waals surface area contributed by atoms with Crippen molar-refractivity contribution < 1.29 is 10.2 Å². The van der Waals surface area contributed by atoms with E-state index >= 15 is 0 Å². The van der Waals surface area contributed by atoms with Crippen molar-refractivity contribution in [2.45, 2.75) is 57.2 Å². The van der Waals surface area contributed by atoms with Crippen molar-refractivity contribution >= 4 is 11.6 Å². The van der Waals surface area contributed by atoms with E-state index in [0.29, 0.717) is 25.7 Å².